The highest BCUT2D eigenvalue weighted by Gasteiger charge is 2.23. The molecule has 0 spiro atoms. The highest BCUT2D eigenvalue weighted by Crippen LogP contribution is 2.34. The Hall–Kier alpha value is -4.28. The monoisotopic (exact) mass is 545 g/mol. The lowest BCUT2D eigenvalue weighted by molar-refractivity contribution is 0.0954. The SMILES string of the molecule is CNS(=O)(=O)c1ccc(C(=O)NN=C(c2ccccc2)c2nn(C)c(-c3ccc(C(C)(C)C)cc3)c2O)cc1. The van der Waals surface area contributed by atoms with E-state index in [2.05, 4.69) is 41.1 Å². The molecule has 4 aromatic rings. The fourth-order valence-corrected chi connectivity index (χ4v) is 4.78. The Balaban J connectivity index is 1.70. The number of carbonyl (C=O) groups excluding carboxylic acids is 1. The van der Waals surface area contributed by atoms with Crippen molar-refractivity contribution in [1.82, 2.24) is 19.9 Å². The Morgan fingerprint density at radius 2 is 1.54 bits per heavy atom. The minimum atomic E-state index is -3.63. The molecule has 0 saturated carbocycles. The van der Waals surface area contributed by atoms with Crippen molar-refractivity contribution in [2.24, 2.45) is 12.1 Å². The molecule has 0 atom stereocenters. The van der Waals surface area contributed by atoms with Crippen LogP contribution in [-0.2, 0) is 22.5 Å². The number of rotatable bonds is 7. The molecule has 0 radical (unpaired) electrons. The summed E-state index contributed by atoms with van der Waals surface area (Å²) >= 11 is 0. The molecule has 9 nitrogen and oxygen atoms in total. The number of hydrazone groups is 1. The molecule has 0 saturated heterocycles. The molecule has 4 rings (SSSR count). The summed E-state index contributed by atoms with van der Waals surface area (Å²) in [7, 11) is -0.576. The van der Waals surface area contributed by atoms with Gasteiger partial charge in [0.1, 0.15) is 11.4 Å². The molecule has 1 heterocycles. The number of hydrogen-bond donors (Lipinski definition) is 3. The van der Waals surface area contributed by atoms with E-state index in [1.807, 2.05) is 42.5 Å². The van der Waals surface area contributed by atoms with Crippen LogP contribution in [0.2, 0.25) is 0 Å². The Bertz CT molecular complexity index is 1620. The van der Waals surface area contributed by atoms with E-state index in [4.69, 9.17) is 0 Å². The molecule has 3 aromatic carbocycles. The fourth-order valence-electron chi connectivity index (χ4n) is 4.05. The summed E-state index contributed by atoms with van der Waals surface area (Å²) in [6.45, 7) is 6.41. The minimum Gasteiger partial charge on any atom is -0.504 e. The Morgan fingerprint density at radius 3 is 2.10 bits per heavy atom. The van der Waals surface area contributed by atoms with Gasteiger partial charge in [-0.15, -0.1) is 0 Å². The van der Waals surface area contributed by atoms with Gasteiger partial charge in [-0.25, -0.2) is 18.6 Å². The van der Waals surface area contributed by atoms with Gasteiger partial charge in [0, 0.05) is 23.7 Å². The van der Waals surface area contributed by atoms with Crippen molar-refractivity contribution in [2.45, 2.75) is 31.1 Å². The first-order chi connectivity index (χ1) is 18.4. The van der Waals surface area contributed by atoms with Crippen LogP contribution in [0.25, 0.3) is 11.3 Å². The summed E-state index contributed by atoms with van der Waals surface area (Å²) < 4.78 is 27.8. The highest BCUT2D eigenvalue weighted by atomic mass is 32.2. The van der Waals surface area contributed by atoms with Gasteiger partial charge < -0.3 is 5.11 Å². The van der Waals surface area contributed by atoms with E-state index in [-0.39, 0.29) is 33.0 Å². The number of sulfonamides is 1. The molecule has 202 valence electrons. The fraction of sp³-hybridized carbons (Fsp3) is 0.207. The summed E-state index contributed by atoms with van der Waals surface area (Å²) in [6.07, 6.45) is 0. The Labute approximate surface area is 228 Å². The number of amides is 1. The normalized spacial score (nSPS) is 12.4. The van der Waals surface area contributed by atoms with Gasteiger partial charge in [-0.2, -0.15) is 10.2 Å². The zero-order valence-corrected chi connectivity index (χ0v) is 23.2. The van der Waals surface area contributed by atoms with Gasteiger partial charge in [-0.3, -0.25) is 9.48 Å². The summed E-state index contributed by atoms with van der Waals surface area (Å²) in [6, 6.07) is 22.5. The van der Waals surface area contributed by atoms with Gasteiger partial charge in [0.25, 0.3) is 5.91 Å². The van der Waals surface area contributed by atoms with Crippen LogP contribution in [0.4, 0.5) is 0 Å². The van der Waals surface area contributed by atoms with Crippen molar-refractivity contribution in [2.75, 3.05) is 7.05 Å². The summed E-state index contributed by atoms with van der Waals surface area (Å²) in [5.74, 6) is -0.621. The highest BCUT2D eigenvalue weighted by molar-refractivity contribution is 7.89. The van der Waals surface area contributed by atoms with E-state index in [0.29, 0.717) is 11.3 Å². The van der Waals surface area contributed by atoms with Crippen LogP contribution >= 0.6 is 0 Å². The van der Waals surface area contributed by atoms with E-state index in [0.717, 1.165) is 5.56 Å². The van der Waals surface area contributed by atoms with Crippen LogP contribution in [-0.4, -0.2) is 42.0 Å². The third-order valence-corrected chi connectivity index (χ3v) is 7.71. The van der Waals surface area contributed by atoms with Crippen LogP contribution in [0, 0.1) is 0 Å². The molecule has 0 unspecified atom stereocenters. The van der Waals surface area contributed by atoms with E-state index in [9.17, 15) is 18.3 Å². The van der Waals surface area contributed by atoms with Gasteiger partial charge >= 0.3 is 0 Å². The number of nitrogens with zero attached hydrogens (tertiary/aromatic N) is 3. The lowest BCUT2D eigenvalue weighted by atomic mass is 9.86. The third-order valence-electron chi connectivity index (χ3n) is 6.28. The van der Waals surface area contributed by atoms with Crippen molar-refractivity contribution >= 4 is 21.6 Å². The lowest BCUT2D eigenvalue weighted by Crippen LogP contribution is -2.22. The van der Waals surface area contributed by atoms with Crippen LogP contribution in [0.1, 0.15) is 48.0 Å². The predicted molar refractivity (Wildman–Crippen MR) is 151 cm³/mol. The lowest BCUT2D eigenvalue weighted by Gasteiger charge is -2.19. The van der Waals surface area contributed by atoms with Crippen LogP contribution in [0.3, 0.4) is 0 Å². The maximum Gasteiger partial charge on any atom is 0.271 e. The van der Waals surface area contributed by atoms with Crippen molar-refractivity contribution in [3.05, 3.63) is 101 Å². The van der Waals surface area contributed by atoms with Crippen molar-refractivity contribution in [3.63, 3.8) is 0 Å². The minimum absolute atomic E-state index is 0.00892. The van der Waals surface area contributed by atoms with Crippen molar-refractivity contribution in [3.8, 4) is 17.0 Å². The first-order valence-corrected chi connectivity index (χ1v) is 13.7. The van der Waals surface area contributed by atoms with Crippen molar-refractivity contribution < 1.29 is 18.3 Å². The molecule has 0 aliphatic rings. The zero-order valence-electron chi connectivity index (χ0n) is 22.4. The number of nitrogens with one attached hydrogen (secondary N) is 2. The van der Waals surface area contributed by atoms with Gasteiger partial charge in [0.15, 0.2) is 11.4 Å². The number of benzene rings is 3. The zero-order chi connectivity index (χ0) is 28.4. The molecule has 0 bridgehead atoms. The maximum absolute atomic E-state index is 12.9. The predicted octanol–water partition coefficient (Wildman–Crippen LogP) is 4.18. The molecule has 10 heteroatoms. The molecule has 39 heavy (non-hydrogen) atoms. The molecule has 3 N–H and O–H groups in total. The smallest absolute Gasteiger partial charge is 0.271 e. The van der Waals surface area contributed by atoms with E-state index in [1.54, 1.807) is 23.9 Å². The molecular weight excluding hydrogens is 514 g/mol. The molecule has 1 aromatic heterocycles. The van der Waals surface area contributed by atoms with Crippen LogP contribution < -0.4 is 10.1 Å². The first-order valence-electron chi connectivity index (χ1n) is 12.3. The summed E-state index contributed by atoms with van der Waals surface area (Å²) in [5, 5.41) is 20.2. The standard InChI is InChI=1S/C29H31N5O4S/c1-29(2,3)22-15-11-20(12-16-22)26-27(35)25(33-34(26)5)24(19-9-7-6-8-10-19)31-32-28(36)21-13-17-23(18-14-21)39(37,38)30-4/h6-18,30,35H,1-5H3,(H,32,36). The Kier molecular flexibility index (Phi) is 7.71. The second-order valence-electron chi connectivity index (χ2n) is 10.00. The largest absolute Gasteiger partial charge is 0.504 e. The van der Waals surface area contributed by atoms with Crippen LogP contribution in [0.15, 0.2) is 88.9 Å². The van der Waals surface area contributed by atoms with Gasteiger partial charge in [0.05, 0.1) is 4.90 Å². The average molecular weight is 546 g/mol. The van der Waals surface area contributed by atoms with Crippen LogP contribution in [0.5, 0.6) is 5.75 Å². The summed E-state index contributed by atoms with van der Waals surface area (Å²) in [5.41, 5.74) is 6.29. The van der Waals surface area contributed by atoms with E-state index < -0.39 is 15.9 Å². The summed E-state index contributed by atoms with van der Waals surface area (Å²) in [4.78, 5) is 12.9. The van der Waals surface area contributed by atoms with Gasteiger partial charge in [-0.1, -0.05) is 75.4 Å². The quantitative estimate of drug-likeness (QED) is 0.237. The molecule has 0 fully saturated rings. The average Bonchev–Trinajstić information content (AvgIpc) is 3.22. The van der Waals surface area contributed by atoms with Gasteiger partial charge in [0.2, 0.25) is 10.0 Å². The van der Waals surface area contributed by atoms with E-state index in [1.165, 1.54) is 36.9 Å². The number of hydrogen-bond acceptors (Lipinski definition) is 6. The third kappa shape index (κ3) is 5.92. The molecule has 1 amide bonds. The maximum atomic E-state index is 12.9. The van der Waals surface area contributed by atoms with E-state index >= 15 is 0 Å². The molecular formula is C29H31N5O4S. The number of aromatic hydroxyl groups is 1. The number of aromatic nitrogens is 2. The second-order valence-corrected chi connectivity index (χ2v) is 11.9. The van der Waals surface area contributed by atoms with Crippen molar-refractivity contribution in [1.29, 1.82) is 0 Å². The molecule has 0 aliphatic heterocycles. The topological polar surface area (TPSA) is 126 Å². The van der Waals surface area contributed by atoms with Gasteiger partial charge in [-0.05, 0) is 42.3 Å². The molecule has 0 aliphatic carbocycles. The first kappa shape index (κ1) is 27.7. The number of aryl methyl sites for hydroxylation is 1. The second kappa shape index (κ2) is 10.8. The Morgan fingerprint density at radius 1 is 0.923 bits per heavy atom. The number of carbonyl (C=O) groups is 1.